The second-order valence-corrected chi connectivity index (χ2v) is 10.2. The summed E-state index contributed by atoms with van der Waals surface area (Å²) in [6.45, 7) is 3.08. The summed E-state index contributed by atoms with van der Waals surface area (Å²) in [7, 11) is -3.33. The second-order valence-electron chi connectivity index (χ2n) is 7.03. The van der Waals surface area contributed by atoms with Crippen molar-refractivity contribution in [1.29, 1.82) is 0 Å². The maximum atomic E-state index is 12.5. The van der Waals surface area contributed by atoms with E-state index in [1.54, 1.807) is 30.2 Å². The fourth-order valence-corrected chi connectivity index (χ4v) is 4.92. The number of aromatic amines is 1. The molecule has 0 bridgehead atoms. The molecule has 0 saturated carbocycles. The first-order valence-corrected chi connectivity index (χ1v) is 12.3. The SMILES string of the molecule is CCS(=O)(=O)c1ccc2oc(SCC(=O)c3c[nH]c(C(=O)N4CCCC4)c3)nc2c1. The van der Waals surface area contributed by atoms with E-state index >= 15 is 0 Å². The van der Waals surface area contributed by atoms with Crippen LogP contribution in [0.2, 0.25) is 0 Å². The summed E-state index contributed by atoms with van der Waals surface area (Å²) in [4.78, 5) is 34.0. The van der Waals surface area contributed by atoms with E-state index in [0.29, 0.717) is 22.4 Å². The fourth-order valence-electron chi connectivity index (χ4n) is 3.29. The van der Waals surface area contributed by atoms with Gasteiger partial charge in [-0.05, 0) is 37.1 Å². The summed E-state index contributed by atoms with van der Waals surface area (Å²) in [5.74, 6) is -0.155. The number of fused-ring (bicyclic) bond motifs is 1. The summed E-state index contributed by atoms with van der Waals surface area (Å²) < 4.78 is 29.6. The highest BCUT2D eigenvalue weighted by atomic mass is 32.2. The smallest absolute Gasteiger partial charge is 0.270 e. The fraction of sp³-hybridized carbons (Fsp3) is 0.350. The second kappa shape index (κ2) is 8.27. The molecular weight excluding hydrogens is 426 g/mol. The van der Waals surface area contributed by atoms with Gasteiger partial charge in [0.2, 0.25) is 0 Å². The molecule has 30 heavy (non-hydrogen) atoms. The van der Waals surface area contributed by atoms with Crippen molar-refractivity contribution in [2.75, 3.05) is 24.6 Å². The Bertz CT molecular complexity index is 1210. The van der Waals surface area contributed by atoms with Crippen LogP contribution in [0.4, 0.5) is 0 Å². The normalized spacial score (nSPS) is 14.5. The van der Waals surface area contributed by atoms with E-state index in [1.165, 1.54) is 12.1 Å². The number of hydrogen-bond donors (Lipinski definition) is 1. The number of ketones is 1. The Morgan fingerprint density at radius 1 is 1.23 bits per heavy atom. The Morgan fingerprint density at radius 3 is 2.73 bits per heavy atom. The summed E-state index contributed by atoms with van der Waals surface area (Å²) >= 11 is 1.13. The average molecular weight is 448 g/mol. The first kappa shape index (κ1) is 20.7. The molecule has 2 aromatic heterocycles. The number of carbonyl (C=O) groups excluding carboxylic acids is 2. The number of sulfone groups is 1. The van der Waals surface area contributed by atoms with E-state index in [4.69, 9.17) is 4.42 Å². The highest BCUT2D eigenvalue weighted by Gasteiger charge is 2.22. The third kappa shape index (κ3) is 4.15. The van der Waals surface area contributed by atoms with Crippen molar-refractivity contribution in [1.82, 2.24) is 14.9 Å². The Morgan fingerprint density at radius 2 is 2.00 bits per heavy atom. The van der Waals surface area contributed by atoms with Crippen LogP contribution in [-0.2, 0) is 9.84 Å². The van der Waals surface area contributed by atoms with E-state index < -0.39 is 9.84 Å². The van der Waals surface area contributed by atoms with Gasteiger partial charge in [0.25, 0.3) is 11.1 Å². The summed E-state index contributed by atoms with van der Waals surface area (Å²) in [6.07, 6.45) is 3.55. The number of nitrogens with zero attached hydrogens (tertiary/aromatic N) is 2. The van der Waals surface area contributed by atoms with Crippen molar-refractivity contribution in [3.8, 4) is 0 Å². The summed E-state index contributed by atoms with van der Waals surface area (Å²) in [5, 5.41) is 0.285. The lowest BCUT2D eigenvalue weighted by atomic mass is 10.2. The maximum Gasteiger partial charge on any atom is 0.270 e. The number of rotatable bonds is 7. The van der Waals surface area contributed by atoms with E-state index in [9.17, 15) is 18.0 Å². The number of hydrogen-bond acceptors (Lipinski definition) is 7. The number of aromatic nitrogens is 2. The standard InChI is InChI=1S/C20H21N3O5S2/c1-2-30(26,27)14-5-6-18-15(10-14)22-20(28-18)29-12-17(24)13-9-16(21-11-13)19(25)23-7-3-4-8-23/h5-6,9-11,21H,2-4,7-8,12H2,1H3. The molecule has 1 amide bonds. The van der Waals surface area contributed by atoms with Gasteiger partial charge in [0.05, 0.1) is 16.4 Å². The molecule has 10 heteroatoms. The molecule has 4 rings (SSSR count). The molecule has 1 aliphatic rings. The molecule has 3 aromatic rings. The molecule has 1 aliphatic heterocycles. The average Bonchev–Trinajstić information content (AvgIpc) is 3.50. The number of Topliss-reactive ketones (excluding diaryl/α,β-unsaturated/α-hetero) is 1. The van der Waals surface area contributed by atoms with Crippen molar-refractivity contribution < 1.29 is 22.4 Å². The molecule has 0 aliphatic carbocycles. The topological polar surface area (TPSA) is 113 Å². The first-order chi connectivity index (χ1) is 14.4. The molecule has 0 unspecified atom stereocenters. The number of nitrogens with one attached hydrogen (secondary N) is 1. The van der Waals surface area contributed by atoms with Gasteiger partial charge in [-0.15, -0.1) is 0 Å². The molecule has 0 atom stereocenters. The number of amides is 1. The van der Waals surface area contributed by atoms with Gasteiger partial charge < -0.3 is 14.3 Å². The minimum Gasteiger partial charge on any atom is -0.431 e. The van der Waals surface area contributed by atoms with Gasteiger partial charge in [-0.2, -0.15) is 0 Å². The lowest BCUT2D eigenvalue weighted by molar-refractivity contribution is 0.0787. The Kier molecular flexibility index (Phi) is 5.70. The van der Waals surface area contributed by atoms with E-state index in [2.05, 4.69) is 9.97 Å². The molecule has 1 aromatic carbocycles. The van der Waals surface area contributed by atoms with Gasteiger partial charge in [-0.25, -0.2) is 13.4 Å². The third-order valence-corrected chi connectivity index (χ3v) is 7.59. The van der Waals surface area contributed by atoms with Gasteiger partial charge in [0.1, 0.15) is 11.2 Å². The minimum absolute atomic E-state index is 0.00534. The molecule has 0 spiro atoms. The number of thioether (sulfide) groups is 1. The minimum atomic E-state index is -3.33. The quantitative estimate of drug-likeness (QED) is 0.437. The van der Waals surface area contributed by atoms with Gasteiger partial charge in [-0.3, -0.25) is 9.59 Å². The van der Waals surface area contributed by atoms with Crippen LogP contribution < -0.4 is 0 Å². The van der Waals surface area contributed by atoms with Crippen molar-refractivity contribution >= 4 is 44.4 Å². The Labute approximate surface area is 178 Å². The lowest BCUT2D eigenvalue weighted by Crippen LogP contribution is -2.27. The van der Waals surface area contributed by atoms with Crippen LogP contribution in [-0.4, -0.2) is 59.6 Å². The Hall–Kier alpha value is -2.59. The molecule has 1 N–H and O–H groups in total. The van der Waals surface area contributed by atoms with Crippen LogP contribution in [0.25, 0.3) is 11.1 Å². The predicted molar refractivity (Wildman–Crippen MR) is 113 cm³/mol. The predicted octanol–water partition coefficient (Wildman–Crippen LogP) is 3.16. The lowest BCUT2D eigenvalue weighted by Gasteiger charge is -2.13. The van der Waals surface area contributed by atoms with Crippen LogP contribution in [0, 0.1) is 0 Å². The summed E-state index contributed by atoms with van der Waals surface area (Å²) in [6, 6.07) is 6.12. The number of H-pyrrole nitrogens is 1. The monoisotopic (exact) mass is 447 g/mol. The molecule has 0 radical (unpaired) electrons. The highest BCUT2D eigenvalue weighted by molar-refractivity contribution is 7.99. The molecule has 158 valence electrons. The molecule has 1 fully saturated rings. The van der Waals surface area contributed by atoms with Crippen molar-refractivity contribution in [2.45, 2.75) is 29.9 Å². The van der Waals surface area contributed by atoms with Crippen LogP contribution in [0.15, 0.2) is 45.0 Å². The molecule has 1 saturated heterocycles. The van der Waals surface area contributed by atoms with E-state index in [1.807, 2.05) is 0 Å². The molecule has 3 heterocycles. The largest absolute Gasteiger partial charge is 0.431 e. The first-order valence-electron chi connectivity index (χ1n) is 9.64. The van der Waals surface area contributed by atoms with Gasteiger partial charge >= 0.3 is 0 Å². The van der Waals surface area contributed by atoms with E-state index in [0.717, 1.165) is 37.7 Å². The zero-order valence-corrected chi connectivity index (χ0v) is 18.0. The number of carbonyl (C=O) groups is 2. The van der Waals surface area contributed by atoms with Crippen LogP contribution in [0.1, 0.15) is 40.6 Å². The van der Waals surface area contributed by atoms with Crippen LogP contribution in [0.3, 0.4) is 0 Å². The zero-order valence-electron chi connectivity index (χ0n) is 16.4. The third-order valence-electron chi connectivity index (χ3n) is 5.03. The number of benzene rings is 1. The van der Waals surface area contributed by atoms with Gasteiger partial charge in [-0.1, -0.05) is 18.7 Å². The van der Waals surface area contributed by atoms with Gasteiger partial charge in [0, 0.05) is 24.8 Å². The molecular formula is C20H21N3O5S2. The van der Waals surface area contributed by atoms with Crippen LogP contribution in [0.5, 0.6) is 0 Å². The van der Waals surface area contributed by atoms with Crippen LogP contribution >= 0.6 is 11.8 Å². The van der Waals surface area contributed by atoms with Crippen molar-refractivity contribution in [2.24, 2.45) is 0 Å². The summed E-state index contributed by atoms with van der Waals surface area (Å²) in [5.41, 5.74) is 1.73. The van der Waals surface area contributed by atoms with E-state index in [-0.39, 0.29) is 33.3 Å². The maximum absolute atomic E-state index is 12.5. The Balaban J connectivity index is 1.42. The van der Waals surface area contributed by atoms with Crippen molar-refractivity contribution in [3.05, 3.63) is 41.7 Å². The van der Waals surface area contributed by atoms with Gasteiger partial charge in [0.15, 0.2) is 21.2 Å². The highest BCUT2D eigenvalue weighted by Crippen LogP contribution is 2.26. The number of likely N-dealkylation sites (tertiary alicyclic amines) is 1. The van der Waals surface area contributed by atoms with Crippen molar-refractivity contribution in [3.63, 3.8) is 0 Å². The zero-order chi connectivity index (χ0) is 21.3. The molecule has 8 nitrogen and oxygen atoms in total. The number of oxazole rings is 1.